The van der Waals surface area contributed by atoms with Crippen LogP contribution in [0.4, 0.5) is 0 Å². The van der Waals surface area contributed by atoms with Gasteiger partial charge in [-0.25, -0.2) is 0 Å². The normalized spacial score (nSPS) is 20.2. The Morgan fingerprint density at radius 2 is 1.28 bits per heavy atom. The maximum absolute atomic E-state index is 13.6. The number of rotatable bonds is 10. The van der Waals surface area contributed by atoms with Crippen molar-refractivity contribution in [2.75, 3.05) is 21.3 Å². The lowest BCUT2D eigenvalue weighted by atomic mass is 9.95. The van der Waals surface area contributed by atoms with Crippen LogP contribution in [0.5, 0.6) is 0 Å². The molecule has 2 unspecified atom stereocenters. The van der Waals surface area contributed by atoms with Gasteiger partial charge in [0, 0.05) is 31.9 Å². The maximum atomic E-state index is 13.6. The minimum absolute atomic E-state index is 0.0849. The van der Waals surface area contributed by atoms with E-state index in [-0.39, 0.29) is 35.0 Å². The van der Waals surface area contributed by atoms with Gasteiger partial charge in [-0.3, -0.25) is 4.79 Å². The van der Waals surface area contributed by atoms with Crippen molar-refractivity contribution in [1.82, 2.24) is 0 Å². The smallest absolute Gasteiger partial charge is 0.289 e. The van der Waals surface area contributed by atoms with Crippen LogP contribution in [0.25, 0.3) is 23.2 Å². The summed E-state index contributed by atoms with van der Waals surface area (Å²) >= 11 is 0. The lowest BCUT2D eigenvalue weighted by Gasteiger charge is -2.46. The monoisotopic (exact) mass is 526 g/mol. The standard InChI is InChI=1S/C32H30O7/c1-34-30-29-26(33)19-27(25-17-11-6-12-18-25)39-28(29)20-31(35-2,37-21-23-13-7-4-8-14-23)32(30,36-3)38-22-24-15-9-5-10-16-24/h4-20H,21-22H2,1-3H3. The topological polar surface area (TPSA) is 76.4 Å². The third-order valence-electron chi connectivity index (χ3n) is 6.71. The summed E-state index contributed by atoms with van der Waals surface area (Å²) in [6.07, 6.45) is 1.59. The van der Waals surface area contributed by atoms with E-state index in [2.05, 4.69) is 0 Å². The van der Waals surface area contributed by atoms with Gasteiger partial charge in [-0.2, -0.15) is 0 Å². The van der Waals surface area contributed by atoms with Gasteiger partial charge in [0.1, 0.15) is 16.4 Å². The van der Waals surface area contributed by atoms with Crippen molar-refractivity contribution >= 4 is 11.8 Å². The van der Waals surface area contributed by atoms with Crippen LogP contribution in [0.3, 0.4) is 0 Å². The molecule has 3 aromatic carbocycles. The Morgan fingerprint density at radius 1 is 0.718 bits per heavy atom. The molecule has 0 spiro atoms. The first-order valence-corrected chi connectivity index (χ1v) is 12.5. The molecule has 2 atom stereocenters. The Balaban J connectivity index is 1.73. The second-order valence-corrected chi connectivity index (χ2v) is 9.00. The van der Waals surface area contributed by atoms with E-state index in [9.17, 15) is 4.79 Å². The first kappa shape index (κ1) is 26.6. The molecule has 0 saturated heterocycles. The van der Waals surface area contributed by atoms with Gasteiger partial charge in [0.15, 0.2) is 11.2 Å². The summed E-state index contributed by atoms with van der Waals surface area (Å²) in [4.78, 5) is 13.6. The van der Waals surface area contributed by atoms with E-state index in [1.807, 2.05) is 91.0 Å². The van der Waals surface area contributed by atoms with Crippen molar-refractivity contribution in [3.8, 4) is 11.3 Å². The van der Waals surface area contributed by atoms with Crippen molar-refractivity contribution in [1.29, 1.82) is 0 Å². The molecule has 0 amide bonds. The van der Waals surface area contributed by atoms with Crippen LogP contribution >= 0.6 is 0 Å². The Hall–Kier alpha value is -4.01. The van der Waals surface area contributed by atoms with Crippen LogP contribution in [0.15, 0.2) is 106 Å². The van der Waals surface area contributed by atoms with Crippen LogP contribution in [-0.2, 0) is 36.9 Å². The second-order valence-electron chi connectivity index (χ2n) is 9.00. The summed E-state index contributed by atoms with van der Waals surface area (Å²) in [6.45, 7) is 0.276. The summed E-state index contributed by atoms with van der Waals surface area (Å²) in [6, 6.07) is 30.1. The lowest BCUT2D eigenvalue weighted by Crippen LogP contribution is -2.66. The molecule has 0 N–H and O–H groups in total. The number of ether oxygens (including phenoxy) is 5. The zero-order valence-electron chi connectivity index (χ0n) is 22.1. The number of fused-ring (bicyclic) bond motifs is 1. The first-order chi connectivity index (χ1) is 19.1. The van der Waals surface area contributed by atoms with E-state index in [1.165, 1.54) is 27.4 Å². The molecule has 4 aromatic rings. The van der Waals surface area contributed by atoms with Gasteiger partial charge in [-0.1, -0.05) is 91.0 Å². The van der Waals surface area contributed by atoms with Crippen LogP contribution in [0, 0.1) is 0 Å². The van der Waals surface area contributed by atoms with Crippen molar-refractivity contribution in [2.45, 2.75) is 24.8 Å². The SMILES string of the molecule is COC1=c2c(=O)cc(-c3ccccc3)oc2=CC(OC)(OCc2ccccc2)C1(OC)OCc1ccccc1. The fourth-order valence-corrected chi connectivity index (χ4v) is 4.78. The van der Waals surface area contributed by atoms with Gasteiger partial charge in [-0.05, 0) is 11.1 Å². The molecule has 1 heterocycles. The minimum atomic E-state index is -1.79. The van der Waals surface area contributed by atoms with Crippen LogP contribution in [0.1, 0.15) is 11.1 Å². The average Bonchev–Trinajstić information content (AvgIpc) is 3.00. The highest BCUT2D eigenvalue weighted by Crippen LogP contribution is 2.42. The number of hydrogen-bond acceptors (Lipinski definition) is 7. The molecule has 0 aliphatic heterocycles. The molecule has 7 heteroatoms. The second kappa shape index (κ2) is 11.4. The molecule has 0 saturated carbocycles. The maximum Gasteiger partial charge on any atom is 0.289 e. The predicted molar refractivity (Wildman–Crippen MR) is 146 cm³/mol. The van der Waals surface area contributed by atoms with E-state index >= 15 is 0 Å². The fraction of sp³-hybridized carbons (Fsp3) is 0.219. The molecule has 200 valence electrons. The summed E-state index contributed by atoms with van der Waals surface area (Å²) < 4.78 is 37.3. The van der Waals surface area contributed by atoms with Gasteiger partial charge in [0.05, 0.1) is 20.3 Å². The Bertz CT molecular complexity index is 1580. The van der Waals surface area contributed by atoms with E-state index in [0.717, 1.165) is 16.7 Å². The molecular formula is C32H30O7. The molecule has 0 radical (unpaired) electrons. The first-order valence-electron chi connectivity index (χ1n) is 12.5. The largest absolute Gasteiger partial charge is 0.494 e. The Kier molecular flexibility index (Phi) is 7.77. The van der Waals surface area contributed by atoms with Gasteiger partial charge in [-0.15, -0.1) is 0 Å². The average molecular weight is 527 g/mol. The highest BCUT2D eigenvalue weighted by Gasteiger charge is 2.61. The molecule has 5 rings (SSSR count). The molecule has 0 bridgehead atoms. The third-order valence-corrected chi connectivity index (χ3v) is 6.71. The number of benzene rings is 3. The highest BCUT2D eigenvalue weighted by atomic mass is 16.8. The molecule has 1 aliphatic rings. The highest BCUT2D eigenvalue weighted by molar-refractivity contribution is 5.61. The van der Waals surface area contributed by atoms with Crippen molar-refractivity contribution in [3.05, 3.63) is 129 Å². The van der Waals surface area contributed by atoms with Crippen molar-refractivity contribution in [3.63, 3.8) is 0 Å². The third kappa shape index (κ3) is 4.93. The number of hydrogen-bond donors (Lipinski definition) is 0. The molecule has 1 aromatic heterocycles. The summed E-state index contributed by atoms with van der Waals surface area (Å²) in [5.41, 5.74) is 2.45. The van der Waals surface area contributed by atoms with Gasteiger partial charge >= 0.3 is 0 Å². The zero-order valence-corrected chi connectivity index (χ0v) is 22.1. The van der Waals surface area contributed by atoms with E-state index < -0.39 is 11.6 Å². The minimum Gasteiger partial charge on any atom is -0.494 e. The van der Waals surface area contributed by atoms with Crippen LogP contribution < -0.4 is 16.1 Å². The van der Waals surface area contributed by atoms with Gasteiger partial charge < -0.3 is 28.1 Å². The molecule has 1 aliphatic carbocycles. The summed E-state index contributed by atoms with van der Waals surface area (Å²) in [5.74, 6) is -3.01. The molecular weight excluding hydrogens is 496 g/mol. The number of methoxy groups -OCH3 is 3. The Labute approximate surface area is 226 Å². The molecule has 39 heavy (non-hydrogen) atoms. The van der Waals surface area contributed by atoms with Crippen molar-refractivity contribution in [2.24, 2.45) is 0 Å². The molecule has 0 fully saturated rings. The summed E-state index contributed by atoms with van der Waals surface area (Å²) in [5, 5.41) is 0.170. The van der Waals surface area contributed by atoms with E-state index in [4.69, 9.17) is 28.1 Å². The fourth-order valence-electron chi connectivity index (χ4n) is 4.78. The van der Waals surface area contributed by atoms with Crippen LogP contribution in [-0.4, -0.2) is 32.9 Å². The molecule has 7 nitrogen and oxygen atoms in total. The van der Waals surface area contributed by atoms with Gasteiger partial charge in [0.25, 0.3) is 11.6 Å². The quantitative estimate of drug-likeness (QED) is 0.290. The van der Waals surface area contributed by atoms with Crippen LogP contribution in [0.2, 0.25) is 0 Å². The Morgan fingerprint density at radius 3 is 1.82 bits per heavy atom. The predicted octanol–water partition coefficient (Wildman–Crippen LogP) is 3.97. The van der Waals surface area contributed by atoms with Gasteiger partial charge in [0.2, 0.25) is 0 Å². The zero-order chi connectivity index (χ0) is 27.3. The van der Waals surface area contributed by atoms with E-state index in [0.29, 0.717) is 5.76 Å². The van der Waals surface area contributed by atoms with Crippen molar-refractivity contribution < 1.29 is 28.1 Å². The van der Waals surface area contributed by atoms with E-state index in [1.54, 1.807) is 6.08 Å². The lowest BCUT2D eigenvalue weighted by molar-refractivity contribution is -0.359. The summed E-state index contributed by atoms with van der Waals surface area (Å²) in [7, 11) is 4.40.